The number of hydrogen-bond acceptors (Lipinski definition) is 4. The summed E-state index contributed by atoms with van der Waals surface area (Å²) in [7, 11) is 0. The molecule has 5 nitrogen and oxygen atoms in total. The van der Waals surface area contributed by atoms with Crippen molar-refractivity contribution in [2.75, 3.05) is 25.1 Å². The standard InChI is InChI=1S/C15H22N4O/c1-2-20-12-4-10-19-11-9-18-15(19)17-8-6-14-5-3-7-16-13-14/h3,5,7,9,11,13H,2,4,6,8,10,12H2,1H3,(H,17,18). The molecule has 0 fully saturated rings. The van der Waals surface area contributed by atoms with Gasteiger partial charge in [-0.15, -0.1) is 0 Å². The zero-order valence-corrected chi connectivity index (χ0v) is 12.0. The number of imidazole rings is 1. The predicted molar refractivity (Wildman–Crippen MR) is 79.8 cm³/mol. The Morgan fingerprint density at radius 1 is 1.35 bits per heavy atom. The first-order chi connectivity index (χ1) is 9.90. The Balaban J connectivity index is 1.74. The lowest BCUT2D eigenvalue weighted by atomic mass is 10.2. The van der Waals surface area contributed by atoms with Gasteiger partial charge >= 0.3 is 0 Å². The molecule has 2 aromatic rings. The largest absolute Gasteiger partial charge is 0.382 e. The van der Waals surface area contributed by atoms with Crippen molar-refractivity contribution in [1.29, 1.82) is 0 Å². The SMILES string of the molecule is CCOCCCn1ccnc1NCCc1cccnc1. The molecule has 2 rings (SSSR count). The topological polar surface area (TPSA) is 52.0 Å². The van der Waals surface area contributed by atoms with E-state index in [1.165, 1.54) is 5.56 Å². The summed E-state index contributed by atoms with van der Waals surface area (Å²) in [6.07, 6.45) is 9.46. The molecule has 2 aromatic heterocycles. The van der Waals surface area contributed by atoms with Gasteiger partial charge in [-0.05, 0) is 31.4 Å². The number of anilines is 1. The molecule has 0 radical (unpaired) electrons. The number of aryl methyl sites for hydroxylation is 1. The van der Waals surface area contributed by atoms with Crippen LogP contribution >= 0.6 is 0 Å². The molecule has 0 aliphatic carbocycles. The molecule has 5 heteroatoms. The van der Waals surface area contributed by atoms with Gasteiger partial charge in [0.15, 0.2) is 0 Å². The van der Waals surface area contributed by atoms with Crippen LogP contribution in [0.3, 0.4) is 0 Å². The van der Waals surface area contributed by atoms with Crippen molar-refractivity contribution in [2.24, 2.45) is 0 Å². The van der Waals surface area contributed by atoms with Crippen LogP contribution in [-0.2, 0) is 17.7 Å². The number of hydrogen-bond donors (Lipinski definition) is 1. The summed E-state index contributed by atoms with van der Waals surface area (Å²) in [5.74, 6) is 0.922. The van der Waals surface area contributed by atoms with Gasteiger partial charge in [0.05, 0.1) is 0 Å². The van der Waals surface area contributed by atoms with Gasteiger partial charge in [-0.1, -0.05) is 6.07 Å². The third-order valence-electron chi connectivity index (χ3n) is 3.03. The van der Waals surface area contributed by atoms with Crippen molar-refractivity contribution in [2.45, 2.75) is 26.3 Å². The highest BCUT2D eigenvalue weighted by atomic mass is 16.5. The number of ether oxygens (including phenoxy) is 1. The Kier molecular flexibility index (Phi) is 6.05. The average molecular weight is 274 g/mol. The van der Waals surface area contributed by atoms with Crippen LogP contribution in [0.25, 0.3) is 0 Å². The molecule has 0 aromatic carbocycles. The first-order valence-corrected chi connectivity index (χ1v) is 7.12. The van der Waals surface area contributed by atoms with Crippen LogP contribution in [0.2, 0.25) is 0 Å². The van der Waals surface area contributed by atoms with Crippen molar-refractivity contribution < 1.29 is 4.74 Å². The van der Waals surface area contributed by atoms with Crippen molar-refractivity contribution in [3.05, 3.63) is 42.5 Å². The summed E-state index contributed by atoms with van der Waals surface area (Å²) >= 11 is 0. The van der Waals surface area contributed by atoms with Gasteiger partial charge in [0.1, 0.15) is 0 Å². The van der Waals surface area contributed by atoms with Crippen LogP contribution in [-0.4, -0.2) is 34.3 Å². The lowest BCUT2D eigenvalue weighted by molar-refractivity contribution is 0.142. The number of nitrogens with one attached hydrogen (secondary N) is 1. The minimum Gasteiger partial charge on any atom is -0.382 e. The molecule has 20 heavy (non-hydrogen) atoms. The van der Waals surface area contributed by atoms with Crippen LogP contribution in [0.15, 0.2) is 36.9 Å². The lowest BCUT2D eigenvalue weighted by Crippen LogP contribution is -2.11. The number of aromatic nitrogens is 3. The minimum absolute atomic E-state index is 0.778. The number of pyridine rings is 1. The van der Waals surface area contributed by atoms with Crippen LogP contribution < -0.4 is 5.32 Å². The summed E-state index contributed by atoms with van der Waals surface area (Å²) in [6, 6.07) is 4.05. The molecule has 1 N–H and O–H groups in total. The summed E-state index contributed by atoms with van der Waals surface area (Å²) in [4.78, 5) is 8.46. The highest BCUT2D eigenvalue weighted by molar-refractivity contribution is 5.26. The van der Waals surface area contributed by atoms with E-state index in [0.29, 0.717) is 0 Å². The van der Waals surface area contributed by atoms with E-state index in [1.807, 2.05) is 31.6 Å². The van der Waals surface area contributed by atoms with Crippen LogP contribution in [0, 0.1) is 0 Å². The maximum Gasteiger partial charge on any atom is 0.202 e. The van der Waals surface area contributed by atoms with Gasteiger partial charge in [-0.25, -0.2) is 4.98 Å². The smallest absolute Gasteiger partial charge is 0.202 e. The molecule has 108 valence electrons. The zero-order valence-electron chi connectivity index (χ0n) is 12.0. The molecular weight excluding hydrogens is 252 g/mol. The first-order valence-electron chi connectivity index (χ1n) is 7.12. The van der Waals surface area contributed by atoms with Gasteiger partial charge in [0.25, 0.3) is 0 Å². The van der Waals surface area contributed by atoms with Crippen molar-refractivity contribution >= 4 is 5.95 Å². The fraction of sp³-hybridized carbons (Fsp3) is 0.467. The summed E-state index contributed by atoms with van der Waals surface area (Å²) in [5, 5.41) is 3.37. The van der Waals surface area contributed by atoms with E-state index < -0.39 is 0 Å². The van der Waals surface area contributed by atoms with Crippen LogP contribution in [0.1, 0.15) is 18.9 Å². The van der Waals surface area contributed by atoms with Gasteiger partial charge in [-0.2, -0.15) is 0 Å². The van der Waals surface area contributed by atoms with Crippen molar-refractivity contribution in [1.82, 2.24) is 14.5 Å². The molecule has 2 heterocycles. The van der Waals surface area contributed by atoms with Crippen LogP contribution in [0.4, 0.5) is 5.95 Å². The molecule has 0 aliphatic rings. The second-order valence-electron chi connectivity index (χ2n) is 4.53. The first kappa shape index (κ1) is 14.5. The zero-order chi connectivity index (χ0) is 14.0. The number of nitrogens with zero attached hydrogens (tertiary/aromatic N) is 3. The fourth-order valence-electron chi connectivity index (χ4n) is 2.00. The van der Waals surface area contributed by atoms with E-state index in [2.05, 4.69) is 25.9 Å². The molecule has 0 amide bonds. The van der Waals surface area contributed by atoms with E-state index in [4.69, 9.17) is 4.74 Å². The Bertz CT molecular complexity index is 484. The van der Waals surface area contributed by atoms with Gasteiger partial charge in [0, 0.05) is 51.1 Å². The quantitative estimate of drug-likeness (QED) is 0.713. The maximum atomic E-state index is 5.35. The van der Waals surface area contributed by atoms with Gasteiger partial charge in [0.2, 0.25) is 5.95 Å². The third kappa shape index (κ3) is 4.66. The Morgan fingerprint density at radius 3 is 3.10 bits per heavy atom. The van der Waals surface area contributed by atoms with E-state index in [-0.39, 0.29) is 0 Å². The monoisotopic (exact) mass is 274 g/mol. The Hall–Kier alpha value is -1.88. The second kappa shape index (κ2) is 8.32. The van der Waals surface area contributed by atoms with Crippen molar-refractivity contribution in [3.8, 4) is 0 Å². The fourth-order valence-corrected chi connectivity index (χ4v) is 2.00. The molecule has 0 bridgehead atoms. The Morgan fingerprint density at radius 2 is 2.30 bits per heavy atom. The van der Waals surface area contributed by atoms with Crippen molar-refractivity contribution in [3.63, 3.8) is 0 Å². The lowest BCUT2D eigenvalue weighted by Gasteiger charge is -2.09. The van der Waals surface area contributed by atoms with Crippen LogP contribution in [0.5, 0.6) is 0 Å². The molecule has 0 aliphatic heterocycles. The van der Waals surface area contributed by atoms with E-state index >= 15 is 0 Å². The molecule has 0 saturated heterocycles. The number of rotatable bonds is 9. The highest BCUT2D eigenvalue weighted by Gasteiger charge is 2.01. The predicted octanol–water partition coefficient (Wildman–Crippen LogP) is 2.36. The van der Waals surface area contributed by atoms with Gasteiger partial charge < -0.3 is 14.6 Å². The van der Waals surface area contributed by atoms with E-state index in [9.17, 15) is 0 Å². The second-order valence-corrected chi connectivity index (χ2v) is 4.53. The third-order valence-corrected chi connectivity index (χ3v) is 3.03. The summed E-state index contributed by atoms with van der Waals surface area (Å²) in [6.45, 7) is 5.37. The van der Waals surface area contributed by atoms with Gasteiger partial charge in [-0.3, -0.25) is 4.98 Å². The molecular formula is C15H22N4O. The average Bonchev–Trinajstić information content (AvgIpc) is 2.92. The van der Waals surface area contributed by atoms with E-state index in [1.54, 1.807) is 6.20 Å². The molecule has 0 atom stereocenters. The minimum atomic E-state index is 0.778. The molecule has 0 unspecified atom stereocenters. The van der Waals surface area contributed by atoms with E-state index in [0.717, 1.165) is 45.1 Å². The highest BCUT2D eigenvalue weighted by Crippen LogP contribution is 2.06. The Labute approximate surface area is 120 Å². The normalized spacial score (nSPS) is 10.7. The summed E-state index contributed by atoms with van der Waals surface area (Å²) < 4.78 is 7.48. The summed E-state index contributed by atoms with van der Waals surface area (Å²) in [5.41, 5.74) is 1.23. The molecule has 0 saturated carbocycles. The maximum absolute atomic E-state index is 5.35. The molecule has 0 spiro atoms.